The molecule has 1 fully saturated rings. The molecule has 0 aromatic heterocycles. The predicted molar refractivity (Wildman–Crippen MR) is 132 cm³/mol. The quantitative estimate of drug-likeness (QED) is 0.447. The molecule has 0 aliphatic carbocycles. The highest BCUT2D eigenvalue weighted by Crippen LogP contribution is 2.20. The van der Waals surface area contributed by atoms with Gasteiger partial charge in [-0.2, -0.15) is 11.8 Å². The number of piperidine rings is 1. The fourth-order valence-electron chi connectivity index (χ4n) is 3.91. The first-order valence-electron chi connectivity index (χ1n) is 11.5. The smallest absolute Gasteiger partial charge is 0.243 e. The minimum atomic E-state index is -0.633. The molecular weight excluding hydrogens is 440 g/mol. The highest BCUT2D eigenvalue weighted by Gasteiger charge is 2.32. The number of carbonyl (C=O) groups excluding carboxylic acids is 3. The molecule has 184 valence electrons. The summed E-state index contributed by atoms with van der Waals surface area (Å²) in [5, 5.41) is 5.84. The number of thioether (sulfide) groups is 1. The van der Waals surface area contributed by atoms with Gasteiger partial charge in [-0.25, -0.2) is 0 Å². The molecule has 2 atom stereocenters. The Labute approximate surface area is 201 Å². The van der Waals surface area contributed by atoms with Gasteiger partial charge in [-0.15, -0.1) is 0 Å². The van der Waals surface area contributed by atoms with Crippen LogP contribution in [0.15, 0.2) is 24.3 Å². The van der Waals surface area contributed by atoms with Gasteiger partial charge >= 0.3 is 0 Å². The summed E-state index contributed by atoms with van der Waals surface area (Å²) in [6.45, 7) is 5.15. The maximum Gasteiger partial charge on any atom is 0.243 e. The summed E-state index contributed by atoms with van der Waals surface area (Å²) in [5.74, 6) is 0.858. The zero-order valence-electron chi connectivity index (χ0n) is 20.1. The van der Waals surface area contributed by atoms with Crippen molar-refractivity contribution in [3.8, 4) is 5.75 Å². The average Bonchev–Trinajstić information content (AvgIpc) is 2.83. The Balaban J connectivity index is 1.87. The van der Waals surface area contributed by atoms with Crippen LogP contribution in [-0.2, 0) is 20.9 Å². The zero-order chi connectivity index (χ0) is 24.4. The molecule has 0 radical (unpaired) electrons. The number of nitrogens with zero attached hydrogens (tertiary/aromatic N) is 1. The lowest BCUT2D eigenvalue weighted by atomic mass is 9.94. The molecule has 33 heavy (non-hydrogen) atoms. The van der Waals surface area contributed by atoms with Crippen molar-refractivity contribution in [1.82, 2.24) is 15.5 Å². The van der Waals surface area contributed by atoms with Crippen LogP contribution in [-0.4, -0.2) is 66.9 Å². The molecule has 1 aromatic carbocycles. The minimum absolute atomic E-state index is 0.0429. The Morgan fingerprint density at radius 2 is 1.88 bits per heavy atom. The largest absolute Gasteiger partial charge is 0.496 e. The Hall–Kier alpha value is -2.26. The molecule has 9 heteroatoms. The number of para-hydroxylation sites is 1. The average molecular weight is 479 g/mol. The molecule has 1 aliphatic rings. The van der Waals surface area contributed by atoms with Gasteiger partial charge in [0.25, 0.3) is 0 Å². The maximum atomic E-state index is 12.9. The van der Waals surface area contributed by atoms with Crippen LogP contribution in [0, 0.1) is 11.8 Å². The Bertz CT molecular complexity index is 796. The monoisotopic (exact) mass is 478 g/mol. The molecule has 1 heterocycles. The number of nitrogens with two attached hydrogens (primary N) is 1. The van der Waals surface area contributed by atoms with E-state index in [1.165, 1.54) is 0 Å². The first-order valence-corrected chi connectivity index (χ1v) is 12.9. The first-order chi connectivity index (χ1) is 15.8. The third-order valence-electron chi connectivity index (χ3n) is 6.02. The van der Waals surface area contributed by atoms with E-state index in [9.17, 15) is 14.4 Å². The third kappa shape index (κ3) is 7.92. The Morgan fingerprint density at radius 3 is 2.48 bits per heavy atom. The number of ether oxygens (including phenoxy) is 1. The second-order valence-corrected chi connectivity index (χ2v) is 9.73. The number of rotatable bonds is 11. The van der Waals surface area contributed by atoms with Crippen LogP contribution < -0.4 is 21.1 Å². The van der Waals surface area contributed by atoms with E-state index in [1.54, 1.807) is 23.8 Å². The van der Waals surface area contributed by atoms with Gasteiger partial charge in [0.1, 0.15) is 11.8 Å². The van der Waals surface area contributed by atoms with E-state index >= 15 is 0 Å². The lowest BCUT2D eigenvalue weighted by Gasteiger charge is -2.34. The number of hydrogen-bond donors (Lipinski definition) is 3. The van der Waals surface area contributed by atoms with Crippen molar-refractivity contribution in [2.24, 2.45) is 17.6 Å². The minimum Gasteiger partial charge on any atom is -0.496 e. The molecule has 1 saturated heterocycles. The number of amides is 3. The summed E-state index contributed by atoms with van der Waals surface area (Å²) in [6, 6.07) is 6.38. The van der Waals surface area contributed by atoms with Crippen molar-refractivity contribution in [1.29, 1.82) is 0 Å². The van der Waals surface area contributed by atoms with Crippen molar-refractivity contribution < 1.29 is 19.1 Å². The van der Waals surface area contributed by atoms with E-state index in [2.05, 4.69) is 10.6 Å². The second-order valence-electron chi connectivity index (χ2n) is 8.75. The summed E-state index contributed by atoms with van der Waals surface area (Å²) in [5.41, 5.74) is 6.88. The molecule has 3 amide bonds. The van der Waals surface area contributed by atoms with Crippen LogP contribution in [0.5, 0.6) is 5.75 Å². The summed E-state index contributed by atoms with van der Waals surface area (Å²) < 4.78 is 5.33. The highest BCUT2D eigenvalue weighted by molar-refractivity contribution is 7.98. The van der Waals surface area contributed by atoms with E-state index in [-0.39, 0.29) is 29.6 Å². The standard InChI is InChI=1S/C24H38N4O4S/c1-16(2)21(23(30)26-15-18-7-5-6-8-20(18)32-3)27-22(29)17-9-12-28(13-10-17)24(31)19(25)11-14-33-4/h5-8,16-17,19,21H,9-15,25H2,1-4H3,(H,26,30)(H,27,29)/t19-,21-/m0/s1. The lowest BCUT2D eigenvalue weighted by molar-refractivity contribution is -0.137. The van der Waals surface area contributed by atoms with E-state index < -0.39 is 12.1 Å². The highest BCUT2D eigenvalue weighted by atomic mass is 32.2. The summed E-state index contributed by atoms with van der Waals surface area (Å²) >= 11 is 1.67. The number of benzene rings is 1. The van der Waals surface area contributed by atoms with Crippen LogP contribution in [0.1, 0.15) is 38.7 Å². The third-order valence-corrected chi connectivity index (χ3v) is 6.66. The van der Waals surface area contributed by atoms with Gasteiger partial charge in [0.05, 0.1) is 13.2 Å². The van der Waals surface area contributed by atoms with Crippen LogP contribution in [0.25, 0.3) is 0 Å². The van der Waals surface area contributed by atoms with Crippen molar-refractivity contribution in [2.75, 3.05) is 32.2 Å². The molecule has 1 aliphatic heterocycles. The van der Waals surface area contributed by atoms with Gasteiger partial charge in [0.2, 0.25) is 17.7 Å². The molecular formula is C24H38N4O4S. The molecule has 0 spiro atoms. The van der Waals surface area contributed by atoms with E-state index in [4.69, 9.17) is 10.5 Å². The van der Waals surface area contributed by atoms with Gasteiger partial charge in [0, 0.05) is 31.1 Å². The Morgan fingerprint density at radius 1 is 1.21 bits per heavy atom. The van der Waals surface area contributed by atoms with Gasteiger partial charge in [-0.05, 0) is 43.3 Å². The predicted octanol–water partition coefficient (Wildman–Crippen LogP) is 1.77. The molecule has 8 nitrogen and oxygen atoms in total. The SMILES string of the molecule is COc1ccccc1CNC(=O)[C@@H](NC(=O)C1CCN(C(=O)[C@@H](N)CCSC)CC1)C(C)C. The number of hydrogen-bond acceptors (Lipinski definition) is 6. The van der Waals surface area contributed by atoms with E-state index in [0.717, 1.165) is 11.3 Å². The second kappa shape index (κ2) is 13.4. The first kappa shape index (κ1) is 27.0. The molecule has 0 bridgehead atoms. The van der Waals surface area contributed by atoms with Crippen LogP contribution in [0.2, 0.25) is 0 Å². The normalized spacial score (nSPS) is 16.2. The number of methoxy groups -OCH3 is 1. The summed E-state index contributed by atoms with van der Waals surface area (Å²) in [6.07, 6.45) is 3.78. The van der Waals surface area contributed by atoms with Crippen LogP contribution in [0.4, 0.5) is 0 Å². The van der Waals surface area contributed by atoms with Gasteiger partial charge in [-0.3, -0.25) is 14.4 Å². The summed E-state index contributed by atoms with van der Waals surface area (Å²) in [7, 11) is 1.59. The molecule has 1 aromatic rings. The maximum absolute atomic E-state index is 12.9. The fourth-order valence-corrected chi connectivity index (χ4v) is 4.40. The molecule has 4 N–H and O–H groups in total. The van der Waals surface area contributed by atoms with Crippen molar-refractivity contribution in [2.45, 2.75) is 51.7 Å². The number of likely N-dealkylation sites (tertiary alicyclic amines) is 1. The number of nitrogens with one attached hydrogen (secondary N) is 2. The van der Waals surface area contributed by atoms with Crippen molar-refractivity contribution in [3.63, 3.8) is 0 Å². The molecule has 0 saturated carbocycles. The van der Waals surface area contributed by atoms with Crippen molar-refractivity contribution >= 4 is 29.5 Å². The fraction of sp³-hybridized carbons (Fsp3) is 0.625. The Kier molecular flexibility index (Phi) is 11.0. The van der Waals surface area contributed by atoms with Crippen LogP contribution >= 0.6 is 11.8 Å². The van der Waals surface area contributed by atoms with Gasteiger partial charge in [0.15, 0.2) is 0 Å². The van der Waals surface area contributed by atoms with E-state index in [0.29, 0.717) is 44.6 Å². The molecule has 2 rings (SSSR count). The lowest BCUT2D eigenvalue weighted by Crippen LogP contribution is -2.53. The molecule has 0 unspecified atom stereocenters. The number of carbonyl (C=O) groups is 3. The van der Waals surface area contributed by atoms with Gasteiger partial charge < -0.3 is 26.0 Å². The van der Waals surface area contributed by atoms with Crippen molar-refractivity contribution in [3.05, 3.63) is 29.8 Å². The zero-order valence-corrected chi connectivity index (χ0v) is 21.0. The van der Waals surface area contributed by atoms with Gasteiger partial charge in [-0.1, -0.05) is 32.0 Å². The van der Waals surface area contributed by atoms with Crippen LogP contribution in [0.3, 0.4) is 0 Å². The van der Waals surface area contributed by atoms with E-state index in [1.807, 2.05) is 44.4 Å². The topological polar surface area (TPSA) is 114 Å². The summed E-state index contributed by atoms with van der Waals surface area (Å²) in [4.78, 5) is 40.0.